The molecule has 2 aromatic rings. The number of piperazine rings is 1. The molecule has 152 valence electrons. The van der Waals surface area contributed by atoms with E-state index in [1.807, 2.05) is 24.3 Å². The molecule has 0 aromatic heterocycles. The molecule has 1 N–H and O–H groups in total. The molecule has 1 fully saturated rings. The highest BCUT2D eigenvalue weighted by Gasteiger charge is 2.38. The number of rotatable bonds is 4. The van der Waals surface area contributed by atoms with E-state index in [2.05, 4.69) is 5.32 Å². The summed E-state index contributed by atoms with van der Waals surface area (Å²) in [5.41, 5.74) is 0.831. The van der Waals surface area contributed by atoms with Crippen LogP contribution in [0.1, 0.15) is 11.6 Å². The molecule has 1 saturated heterocycles. The van der Waals surface area contributed by atoms with Gasteiger partial charge in [-0.3, -0.25) is 0 Å². The summed E-state index contributed by atoms with van der Waals surface area (Å²) < 4.78 is 45.3. The van der Waals surface area contributed by atoms with Gasteiger partial charge >= 0.3 is 0 Å². The van der Waals surface area contributed by atoms with E-state index in [1.165, 1.54) is 4.31 Å². The Morgan fingerprint density at radius 1 is 1.11 bits per heavy atom. The molecule has 0 bridgehead atoms. The number of para-hydroxylation sites is 2. The molecule has 0 saturated carbocycles. The molecule has 1 atom stereocenters. The molecule has 2 heterocycles. The van der Waals surface area contributed by atoms with Gasteiger partial charge in [-0.1, -0.05) is 24.3 Å². The average Bonchev–Trinajstić information content (AvgIpc) is 2.73. The van der Waals surface area contributed by atoms with Gasteiger partial charge in [-0.15, -0.1) is 12.4 Å². The SMILES string of the molecule is COc1ccccc1C1CNCCN1S(=O)(=O)c1cccc2c1OCCO2.Cl. The molecule has 0 amide bonds. The lowest BCUT2D eigenvalue weighted by atomic mass is 10.0. The summed E-state index contributed by atoms with van der Waals surface area (Å²) in [4.78, 5) is 0.140. The van der Waals surface area contributed by atoms with Crippen molar-refractivity contribution >= 4 is 22.4 Å². The van der Waals surface area contributed by atoms with Crippen LogP contribution in [0.15, 0.2) is 47.4 Å². The van der Waals surface area contributed by atoms with Crippen LogP contribution in [0, 0.1) is 0 Å². The number of nitrogens with zero attached hydrogens (tertiary/aromatic N) is 1. The normalized spacial score (nSPS) is 19.5. The van der Waals surface area contributed by atoms with Gasteiger partial charge in [-0.05, 0) is 18.2 Å². The number of ether oxygens (including phenoxy) is 3. The minimum absolute atomic E-state index is 0. The number of hydrogen-bond donors (Lipinski definition) is 1. The Morgan fingerprint density at radius 2 is 1.89 bits per heavy atom. The molecular weight excluding hydrogens is 404 g/mol. The van der Waals surface area contributed by atoms with Crippen LogP contribution in [-0.4, -0.2) is 52.7 Å². The Labute approximate surface area is 171 Å². The van der Waals surface area contributed by atoms with Crippen molar-refractivity contribution in [2.45, 2.75) is 10.9 Å². The lowest BCUT2D eigenvalue weighted by Gasteiger charge is -2.36. The molecule has 1 unspecified atom stereocenters. The maximum Gasteiger partial charge on any atom is 0.247 e. The Morgan fingerprint density at radius 3 is 2.71 bits per heavy atom. The van der Waals surface area contributed by atoms with Gasteiger partial charge in [0, 0.05) is 25.2 Å². The second kappa shape index (κ2) is 8.57. The van der Waals surface area contributed by atoms with E-state index in [9.17, 15) is 8.42 Å². The molecule has 4 rings (SSSR count). The highest BCUT2D eigenvalue weighted by molar-refractivity contribution is 7.89. The zero-order valence-electron chi connectivity index (χ0n) is 15.5. The van der Waals surface area contributed by atoms with Gasteiger partial charge < -0.3 is 19.5 Å². The fourth-order valence-corrected chi connectivity index (χ4v) is 5.31. The van der Waals surface area contributed by atoms with Crippen molar-refractivity contribution in [2.24, 2.45) is 0 Å². The predicted octanol–water partition coefficient (Wildman–Crippen LogP) is 2.22. The number of sulfonamides is 1. The van der Waals surface area contributed by atoms with Crippen LogP contribution in [0.25, 0.3) is 0 Å². The van der Waals surface area contributed by atoms with Gasteiger partial charge in [-0.25, -0.2) is 8.42 Å². The first kappa shape index (κ1) is 20.7. The van der Waals surface area contributed by atoms with Crippen LogP contribution < -0.4 is 19.5 Å². The summed E-state index contributed by atoms with van der Waals surface area (Å²) in [6.45, 7) is 2.18. The monoisotopic (exact) mass is 426 g/mol. The first-order valence-corrected chi connectivity index (χ1v) is 10.3. The number of halogens is 1. The quantitative estimate of drug-likeness (QED) is 0.807. The Balaban J connectivity index is 0.00000225. The van der Waals surface area contributed by atoms with Crippen molar-refractivity contribution in [3.8, 4) is 17.2 Å². The van der Waals surface area contributed by atoms with Crippen LogP contribution in [-0.2, 0) is 10.0 Å². The van der Waals surface area contributed by atoms with Gasteiger partial charge in [0.15, 0.2) is 11.5 Å². The predicted molar refractivity (Wildman–Crippen MR) is 107 cm³/mol. The zero-order valence-corrected chi connectivity index (χ0v) is 17.1. The van der Waals surface area contributed by atoms with Crippen molar-refractivity contribution in [2.75, 3.05) is 40.0 Å². The third kappa shape index (κ3) is 3.65. The van der Waals surface area contributed by atoms with E-state index in [1.54, 1.807) is 25.3 Å². The second-order valence-electron chi connectivity index (χ2n) is 6.36. The van der Waals surface area contributed by atoms with Crippen LogP contribution in [0.5, 0.6) is 17.2 Å². The summed E-state index contributed by atoms with van der Waals surface area (Å²) in [6, 6.07) is 12.1. The topological polar surface area (TPSA) is 77.1 Å². The largest absolute Gasteiger partial charge is 0.496 e. The third-order valence-corrected chi connectivity index (χ3v) is 6.74. The average molecular weight is 427 g/mol. The fourth-order valence-electron chi connectivity index (χ4n) is 3.56. The van der Waals surface area contributed by atoms with Gasteiger partial charge in [-0.2, -0.15) is 4.31 Å². The van der Waals surface area contributed by atoms with Crippen LogP contribution in [0.2, 0.25) is 0 Å². The molecule has 28 heavy (non-hydrogen) atoms. The van der Waals surface area contributed by atoms with Gasteiger partial charge in [0.2, 0.25) is 10.0 Å². The molecular formula is C19H23ClN2O5S. The summed E-state index contributed by atoms with van der Waals surface area (Å²) >= 11 is 0. The van der Waals surface area contributed by atoms with E-state index in [4.69, 9.17) is 14.2 Å². The summed E-state index contributed by atoms with van der Waals surface area (Å²) in [7, 11) is -2.20. The number of hydrogen-bond acceptors (Lipinski definition) is 6. The Hall–Kier alpha value is -2.00. The van der Waals surface area contributed by atoms with Crippen molar-refractivity contribution in [1.29, 1.82) is 0 Å². The van der Waals surface area contributed by atoms with Gasteiger partial charge in [0.05, 0.1) is 13.2 Å². The van der Waals surface area contributed by atoms with Crippen molar-refractivity contribution in [3.63, 3.8) is 0 Å². The molecule has 2 aliphatic heterocycles. The molecule has 0 aliphatic carbocycles. The van der Waals surface area contributed by atoms with E-state index >= 15 is 0 Å². The van der Waals surface area contributed by atoms with Gasteiger partial charge in [0.1, 0.15) is 23.9 Å². The first-order chi connectivity index (χ1) is 13.1. The van der Waals surface area contributed by atoms with Crippen LogP contribution >= 0.6 is 12.4 Å². The van der Waals surface area contributed by atoms with Crippen LogP contribution in [0.4, 0.5) is 0 Å². The number of fused-ring (bicyclic) bond motifs is 1. The maximum absolute atomic E-state index is 13.6. The fraction of sp³-hybridized carbons (Fsp3) is 0.368. The minimum atomic E-state index is -3.79. The second-order valence-corrected chi connectivity index (χ2v) is 8.22. The van der Waals surface area contributed by atoms with E-state index < -0.39 is 10.0 Å². The van der Waals surface area contributed by atoms with Crippen LogP contribution in [0.3, 0.4) is 0 Å². The summed E-state index contributed by atoms with van der Waals surface area (Å²) in [6.07, 6.45) is 0. The first-order valence-electron chi connectivity index (χ1n) is 8.87. The van der Waals surface area contributed by atoms with Crippen molar-refractivity contribution < 1.29 is 22.6 Å². The number of benzene rings is 2. The molecule has 2 aromatic carbocycles. The van der Waals surface area contributed by atoms with Crippen molar-refractivity contribution in [3.05, 3.63) is 48.0 Å². The summed E-state index contributed by atoms with van der Waals surface area (Å²) in [5.74, 6) is 1.42. The number of methoxy groups -OCH3 is 1. The highest BCUT2D eigenvalue weighted by atomic mass is 35.5. The van der Waals surface area contributed by atoms with E-state index in [0.717, 1.165) is 5.56 Å². The highest BCUT2D eigenvalue weighted by Crippen LogP contribution is 2.40. The zero-order chi connectivity index (χ0) is 18.9. The van der Waals surface area contributed by atoms with E-state index in [0.29, 0.717) is 50.1 Å². The molecule has 9 heteroatoms. The number of nitrogens with one attached hydrogen (secondary N) is 1. The maximum atomic E-state index is 13.6. The van der Waals surface area contributed by atoms with Gasteiger partial charge in [0.25, 0.3) is 0 Å². The molecule has 0 radical (unpaired) electrons. The summed E-state index contributed by atoms with van der Waals surface area (Å²) in [5, 5.41) is 3.28. The Kier molecular flexibility index (Phi) is 6.34. The Bertz CT molecular complexity index is 938. The lowest BCUT2D eigenvalue weighted by molar-refractivity contribution is 0.166. The standard InChI is InChI=1S/C19H22N2O5S.ClH/c1-24-16-6-3-2-5-14(16)15-13-20-9-10-21(15)27(22,23)18-8-4-7-17-19(18)26-12-11-25-17;/h2-8,15,20H,9-13H2,1H3;1H. The molecule has 7 nitrogen and oxygen atoms in total. The lowest BCUT2D eigenvalue weighted by Crippen LogP contribution is -2.48. The molecule has 2 aliphatic rings. The van der Waals surface area contributed by atoms with Crippen molar-refractivity contribution in [1.82, 2.24) is 9.62 Å². The third-order valence-electron chi connectivity index (χ3n) is 4.81. The minimum Gasteiger partial charge on any atom is -0.496 e. The molecule has 0 spiro atoms. The smallest absolute Gasteiger partial charge is 0.247 e. The van der Waals surface area contributed by atoms with E-state index in [-0.39, 0.29) is 23.3 Å².